The minimum absolute atomic E-state index is 0.805. The molecule has 5 heteroatoms. The van der Waals surface area contributed by atoms with Gasteiger partial charge in [-0.1, -0.05) is 25.2 Å². The molecule has 1 aromatic rings. The fourth-order valence-corrected chi connectivity index (χ4v) is 3.50. The van der Waals surface area contributed by atoms with Crippen molar-refractivity contribution in [2.75, 3.05) is 25.0 Å². The summed E-state index contributed by atoms with van der Waals surface area (Å²) in [6.07, 6.45) is 1.36. The fraction of sp³-hybridized carbons (Fsp3) is 0.833. The molecule has 0 spiro atoms. The molecule has 0 aliphatic carbocycles. The predicted molar refractivity (Wildman–Crippen MR) is 72.3 cm³/mol. The Balaban J connectivity index is 1.90. The van der Waals surface area contributed by atoms with Crippen LogP contribution < -0.4 is 5.32 Å². The van der Waals surface area contributed by atoms with Gasteiger partial charge in [-0.05, 0) is 25.2 Å². The SMILES string of the molecule is CCNc1nnc(CN2CC(C)CC(C)C2)s1. The maximum Gasteiger partial charge on any atom is 0.205 e. The van der Waals surface area contributed by atoms with Crippen molar-refractivity contribution in [3.8, 4) is 0 Å². The predicted octanol–water partition coefficient (Wildman–Crippen LogP) is 2.45. The highest BCUT2D eigenvalue weighted by Gasteiger charge is 2.22. The van der Waals surface area contributed by atoms with E-state index in [1.165, 1.54) is 19.5 Å². The average molecular weight is 254 g/mol. The fourth-order valence-electron chi connectivity index (χ4n) is 2.65. The molecule has 1 fully saturated rings. The van der Waals surface area contributed by atoms with Crippen LogP contribution in [0.3, 0.4) is 0 Å². The van der Waals surface area contributed by atoms with Crippen LogP contribution in [-0.4, -0.2) is 34.7 Å². The standard InChI is InChI=1S/C12H22N4S/c1-4-13-12-15-14-11(17-12)8-16-6-9(2)5-10(3)7-16/h9-10H,4-8H2,1-3H3,(H,13,15). The molecule has 2 unspecified atom stereocenters. The molecular formula is C12H22N4S. The van der Waals surface area contributed by atoms with Gasteiger partial charge in [0.05, 0.1) is 6.54 Å². The Labute approximate surface area is 107 Å². The summed E-state index contributed by atoms with van der Waals surface area (Å²) in [5, 5.41) is 13.7. The number of hydrogen-bond donors (Lipinski definition) is 1. The maximum atomic E-state index is 4.24. The summed E-state index contributed by atoms with van der Waals surface area (Å²) in [6.45, 7) is 11.0. The van der Waals surface area contributed by atoms with E-state index in [1.54, 1.807) is 11.3 Å². The van der Waals surface area contributed by atoms with Crippen LogP contribution in [0.5, 0.6) is 0 Å². The van der Waals surface area contributed by atoms with Gasteiger partial charge in [-0.15, -0.1) is 10.2 Å². The Hall–Kier alpha value is -0.680. The number of anilines is 1. The van der Waals surface area contributed by atoms with Gasteiger partial charge in [0.25, 0.3) is 0 Å². The molecule has 1 saturated heterocycles. The lowest BCUT2D eigenvalue weighted by Gasteiger charge is -2.34. The molecule has 96 valence electrons. The smallest absolute Gasteiger partial charge is 0.205 e. The highest BCUT2D eigenvalue weighted by molar-refractivity contribution is 7.15. The third kappa shape index (κ3) is 3.64. The third-order valence-electron chi connectivity index (χ3n) is 3.10. The first-order chi connectivity index (χ1) is 8.17. The molecule has 2 heterocycles. The van der Waals surface area contributed by atoms with Crippen molar-refractivity contribution in [1.29, 1.82) is 0 Å². The van der Waals surface area contributed by atoms with E-state index in [0.717, 1.165) is 35.1 Å². The second-order valence-corrected chi connectivity index (χ2v) is 6.23. The molecule has 2 rings (SSSR count). The zero-order valence-electron chi connectivity index (χ0n) is 10.9. The van der Waals surface area contributed by atoms with Gasteiger partial charge in [0.15, 0.2) is 0 Å². The van der Waals surface area contributed by atoms with Gasteiger partial charge in [-0.3, -0.25) is 4.90 Å². The highest BCUT2D eigenvalue weighted by atomic mass is 32.1. The summed E-state index contributed by atoms with van der Waals surface area (Å²) >= 11 is 1.68. The Morgan fingerprint density at radius 1 is 1.29 bits per heavy atom. The minimum Gasteiger partial charge on any atom is -0.360 e. The van der Waals surface area contributed by atoms with Gasteiger partial charge in [-0.2, -0.15) is 0 Å². The summed E-state index contributed by atoms with van der Waals surface area (Å²) in [5.41, 5.74) is 0. The number of nitrogens with zero attached hydrogens (tertiary/aromatic N) is 3. The van der Waals surface area contributed by atoms with Crippen LogP contribution in [0, 0.1) is 11.8 Å². The summed E-state index contributed by atoms with van der Waals surface area (Å²) in [7, 11) is 0. The van der Waals surface area contributed by atoms with Crippen molar-refractivity contribution in [3.05, 3.63) is 5.01 Å². The second kappa shape index (κ2) is 5.78. The van der Waals surface area contributed by atoms with E-state index in [2.05, 4.69) is 41.2 Å². The highest BCUT2D eigenvalue weighted by Crippen LogP contribution is 2.24. The van der Waals surface area contributed by atoms with Crippen LogP contribution >= 0.6 is 11.3 Å². The molecule has 0 bridgehead atoms. The van der Waals surface area contributed by atoms with Gasteiger partial charge in [0.2, 0.25) is 5.13 Å². The van der Waals surface area contributed by atoms with E-state index in [1.807, 2.05) is 0 Å². The number of likely N-dealkylation sites (tertiary alicyclic amines) is 1. The Morgan fingerprint density at radius 3 is 2.65 bits per heavy atom. The minimum atomic E-state index is 0.805. The van der Waals surface area contributed by atoms with Crippen molar-refractivity contribution in [1.82, 2.24) is 15.1 Å². The van der Waals surface area contributed by atoms with E-state index in [-0.39, 0.29) is 0 Å². The number of nitrogens with one attached hydrogen (secondary N) is 1. The largest absolute Gasteiger partial charge is 0.360 e. The molecule has 1 aromatic heterocycles. The number of rotatable bonds is 4. The molecule has 0 saturated carbocycles. The van der Waals surface area contributed by atoms with Crippen LogP contribution in [0.1, 0.15) is 32.2 Å². The molecule has 17 heavy (non-hydrogen) atoms. The summed E-state index contributed by atoms with van der Waals surface area (Å²) < 4.78 is 0. The maximum absolute atomic E-state index is 4.24. The second-order valence-electron chi connectivity index (χ2n) is 5.17. The van der Waals surface area contributed by atoms with Gasteiger partial charge in [0, 0.05) is 19.6 Å². The molecule has 1 N–H and O–H groups in total. The van der Waals surface area contributed by atoms with E-state index in [0.29, 0.717) is 0 Å². The van der Waals surface area contributed by atoms with Crippen molar-refractivity contribution in [3.63, 3.8) is 0 Å². The van der Waals surface area contributed by atoms with E-state index in [9.17, 15) is 0 Å². The van der Waals surface area contributed by atoms with E-state index >= 15 is 0 Å². The first-order valence-electron chi connectivity index (χ1n) is 6.46. The molecule has 1 aliphatic heterocycles. The first-order valence-corrected chi connectivity index (χ1v) is 7.27. The van der Waals surface area contributed by atoms with Crippen molar-refractivity contribution in [2.45, 2.75) is 33.7 Å². The zero-order valence-corrected chi connectivity index (χ0v) is 11.8. The third-order valence-corrected chi connectivity index (χ3v) is 3.96. The summed E-state index contributed by atoms with van der Waals surface area (Å²) in [4.78, 5) is 2.51. The van der Waals surface area contributed by atoms with E-state index in [4.69, 9.17) is 0 Å². The molecule has 1 aliphatic rings. The van der Waals surface area contributed by atoms with Crippen LogP contribution in [-0.2, 0) is 6.54 Å². The van der Waals surface area contributed by atoms with Gasteiger partial charge in [0.1, 0.15) is 5.01 Å². The van der Waals surface area contributed by atoms with Crippen molar-refractivity contribution >= 4 is 16.5 Å². The Bertz CT molecular complexity index is 342. The van der Waals surface area contributed by atoms with Crippen molar-refractivity contribution in [2.24, 2.45) is 11.8 Å². The number of piperidine rings is 1. The first kappa shape index (κ1) is 12.8. The summed E-state index contributed by atoms with van der Waals surface area (Å²) in [6, 6.07) is 0. The zero-order chi connectivity index (χ0) is 12.3. The lowest BCUT2D eigenvalue weighted by Crippen LogP contribution is -2.38. The van der Waals surface area contributed by atoms with Crippen LogP contribution in [0.4, 0.5) is 5.13 Å². The molecule has 2 atom stereocenters. The monoisotopic (exact) mass is 254 g/mol. The number of aromatic nitrogens is 2. The van der Waals surface area contributed by atoms with Gasteiger partial charge >= 0.3 is 0 Å². The molecule has 0 radical (unpaired) electrons. The molecular weight excluding hydrogens is 232 g/mol. The Morgan fingerprint density at radius 2 is 2.00 bits per heavy atom. The van der Waals surface area contributed by atoms with E-state index < -0.39 is 0 Å². The molecule has 4 nitrogen and oxygen atoms in total. The summed E-state index contributed by atoms with van der Waals surface area (Å²) in [5.74, 6) is 1.61. The molecule has 0 aromatic carbocycles. The van der Waals surface area contributed by atoms with Crippen molar-refractivity contribution < 1.29 is 0 Å². The van der Waals surface area contributed by atoms with Crippen LogP contribution in [0.15, 0.2) is 0 Å². The number of hydrogen-bond acceptors (Lipinski definition) is 5. The molecule has 0 amide bonds. The topological polar surface area (TPSA) is 41.1 Å². The average Bonchev–Trinajstić information content (AvgIpc) is 2.64. The van der Waals surface area contributed by atoms with Gasteiger partial charge < -0.3 is 5.32 Å². The van der Waals surface area contributed by atoms with Crippen LogP contribution in [0.25, 0.3) is 0 Å². The lowest BCUT2D eigenvalue weighted by molar-refractivity contribution is 0.134. The lowest BCUT2D eigenvalue weighted by atomic mass is 9.92. The normalized spacial score (nSPS) is 26.1. The van der Waals surface area contributed by atoms with Crippen LogP contribution in [0.2, 0.25) is 0 Å². The van der Waals surface area contributed by atoms with Gasteiger partial charge in [-0.25, -0.2) is 0 Å². The quantitative estimate of drug-likeness (QED) is 0.896. The Kier molecular flexibility index (Phi) is 4.34.